The van der Waals surface area contributed by atoms with E-state index in [1.807, 2.05) is 0 Å². The largest absolute Gasteiger partial charge is 0.348 e. The smallest absolute Gasteiger partial charge is 0.334 e. The second-order valence-corrected chi connectivity index (χ2v) is 3.76. The van der Waals surface area contributed by atoms with Gasteiger partial charge in [0.1, 0.15) is 6.16 Å². The van der Waals surface area contributed by atoms with Gasteiger partial charge in [0, 0.05) is 14.1 Å². The van der Waals surface area contributed by atoms with Crippen LogP contribution in [0.25, 0.3) is 0 Å². The molecule has 0 aliphatic heterocycles. The molecule has 60 valence electrons. The maximum atomic E-state index is 10.6. The molecule has 0 spiro atoms. The third kappa shape index (κ3) is 4.49. The summed E-state index contributed by atoms with van der Waals surface area (Å²) >= 11 is 0. The van der Waals surface area contributed by atoms with Gasteiger partial charge in [0.25, 0.3) is 0 Å². The number of amides is 1. The van der Waals surface area contributed by atoms with Crippen LogP contribution in [0.15, 0.2) is 0 Å². The average molecular weight is 167 g/mol. The summed E-state index contributed by atoms with van der Waals surface area (Å²) in [7, 11) is -1.28. The molecule has 1 amide bonds. The molecular formula is C4H10NO4P. The average Bonchev–Trinajstić information content (AvgIpc) is 1.60. The Morgan fingerprint density at radius 1 is 1.50 bits per heavy atom. The van der Waals surface area contributed by atoms with Gasteiger partial charge in [-0.25, -0.2) is 0 Å². The molecule has 0 atom stereocenters. The van der Waals surface area contributed by atoms with E-state index in [1.165, 1.54) is 14.1 Å². The molecule has 0 aliphatic carbocycles. The molecule has 6 heteroatoms. The summed E-state index contributed by atoms with van der Waals surface area (Å²) in [5, 5.41) is 0. The van der Waals surface area contributed by atoms with Crippen molar-refractivity contribution in [2.24, 2.45) is 0 Å². The molecule has 0 fully saturated rings. The van der Waals surface area contributed by atoms with Gasteiger partial charge >= 0.3 is 7.60 Å². The van der Waals surface area contributed by atoms with E-state index in [2.05, 4.69) is 0 Å². The predicted molar refractivity (Wildman–Crippen MR) is 35.6 cm³/mol. The molecule has 0 radical (unpaired) electrons. The highest BCUT2D eigenvalue weighted by Gasteiger charge is 2.19. The number of rotatable bonds is 2. The lowest BCUT2D eigenvalue weighted by molar-refractivity contribution is -0.126. The number of carbonyl (C=O) groups excluding carboxylic acids is 1. The van der Waals surface area contributed by atoms with Crippen molar-refractivity contribution in [3.8, 4) is 0 Å². The van der Waals surface area contributed by atoms with Gasteiger partial charge in [-0.2, -0.15) is 0 Å². The van der Waals surface area contributed by atoms with Gasteiger partial charge in [-0.15, -0.1) is 0 Å². The van der Waals surface area contributed by atoms with Crippen LogP contribution >= 0.6 is 7.60 Å². The highest BCUT2D eigenvalue weighted by molar-refractivity contribution is 7.52. The zero-order valence-corrected chi connectivity index (χ0v) is 6.71. The SMILES string of the molecule is CN(C)C(=O)CP(=O)(O)O. The van der Waals surface area contributed by atoms with Gasteiger partial charge in [-0.1, -0.05) is 0 Å². The van der Waals surface area contributed by atoms with E-state index < -0.39 is 19.7 Å². The van der Waals surface area contributed by atoms with Crippen LogP contribution in [-0.2, 0) is 9.36 Å². The van der Waals surface area contributed by atoms with Crippen LogP contribution in [0.1, 0.15) is 0 Å². The molecule has 2 N–H and O–H groups in total. The third-order valence-corrected chi connectivity index (χ3v) is 1.52. The quantitative estimate of drug-likeness (QED) is 0.530. The van der Waals surface area contributed by atoms with Crippen LogP contribution in [0.3, 0.4) is 0 Å². The minimum Gasteiger partial charge on any atom is -0.348 e. The molecular weight excluding hydrogens is 157 g/mol. The molecule has 5 nitrogen and oxygen atoms in total. The number of carbonyl (C=O) groups is 1. The molecule has 0 saturated heterocycles. The van der Waals surface area contributed by atoms with Gasteiger partial charge in [0.2, 0.25) is 5.91 Å². The number of hydrogen-bond donors (Lipinski definition) is 2. The van der Waals surface area contributed by atoms with Crippen molar-refractivity contribution in [2.75, 3.05) is 20.3 Å². The Labute approximate surface area is 58.8 Å². The van der Waals surface area contributed by atoms with Crippen molar-refractivity contribution < 1.29 is 19.1 Å². The van der Waals surface area contributed by atoms with Crippen LogP contribution in [0.2, 0.25) is 0 Å². The summed E-state index contributed by atoms with van der Waals surface area (Å²) in [5.41, 5.74) is 0. The summed E-state index contributed by atoms with van der Waals surface area (Å²) in [6.45, 7) is 0. The lowest BCUT2D eigenvalue weighted by atomic mass is 10.6. The second kappa shape index (κ2) is 3.14. The topological polar surface area (TPSA) is 77.8 Å². The van der Waals surface area contributed by atoms with Crippen LogP contribution in [0.5, 0.6) is 0 Å². The number of hydrogen-bond acceptors (Lipinski definition) is 2. The minimum atomic E-state index is -4.17. The summed E-state index contributed by atoms with van der Waals surface area (Å²) in [4.78, 5) is 28.3. The maximum Gasteiger partial charge on any atom is 0.334 e. The van der Waals surface area contributed by atoms with Gasteiger partial charge in [0.15, 0.2) is 0 Å². The van der Waals surface area contributed by atoms with Crippen molar-refractivity contribution in [1.29, 1.82) is 0 Å². The fourth-order valence-electron chi connectivity index (χ4n) is 0.318. The monoisotopic (exact) mass is 167 g/mol. The Morgan fingerprint density at radius 3 is 2.00 bits per heavy atom. The van der Waals surface area contributed by atoms with Crippen LogP contribution in [0.4, 0.5) is 0 Å². The van der Waals surface area contributed by atoms with E-state index in [4.69, 9.17) is 9.79 Å². The summed E-state index contributed by atoms with van der Waals surface area (Å²) < 4.78 is 10.2. The first-order chi connectivity index (χ1) is 4.33. The molecule has 0 rings (SSSR count). The second-order valence-electron chi connectivity index (χ2n) is 2.11. The molecule has 0 aromatic carbocycles. The Bertz CT molecular complexity index is 172. The molecule has 0 unspecified atom stereocenters. The van der Waals surface area contributed by atoms with E-state index in [0.29, 0.717) is 0 Å². The van der Waals surface area contributed by atoms with Gasteiger partial charge in [-0.05, 0) is 0 Å². The zero-order chi connectivity index (χ0) is 8.36. The molecule has 0 aromatic rings. The van der Waals surface area contributed by atoms with Crippen molar-refractivity contribution in [3.63, 3.8) is 0 Å². The molecule has 10 heavy (non-hydrogen) atoms. The van der Waals surface area contributed by atoms with E-state index in [0.717, 1.165) is 4.90 Å². The molecule has 0 heterocycles. The lowest BCUT2D eigenvalue weighted by Gasteiger charge is -2.09. The van der Waals surface area contributed by atoms with Crippen molar-refractivity contribution >= 4 is 13.5 Å². The van der Waals surface area contributed by atoms with E-state index in [1.54, 1.807) is 0 Å². The standard InChI is InChI=1S/C4H10NO4P/c1-5(2)4(6)3-10(7,8)9/h3H2,1-2H3,(H2,7,8,9). The molecule has 0 aromatic heterocycles. The Morgan fingerprint density at radius 2 is 1.90 bits per heavy atom. The number of nitrogens with zero attached hydrogens (tertiary/aromatic N) is 1. The maximum absolute atomic E-state index is 10.6. The fourth-order valence-corrected chi connectivity index (χ4v) is 0.953. The molecule has 0 bridgehead atoms. The Balaban J connectivity index is 3.94. The Kier molecular flexibility index (Phi) is 3.02. The first-order valence-electron chi connectivity index (χ1n) is 2.57. The predicted octanol–water partition coefficient (Wildman–Crippen LogP) is -0.748. The Hall–Kier alpha value is -0.380. The molecule has 0 saturated carbocycles. The van der Waals surface area contributed by atoms with Crippen LogP contribution in [-0.4, -0.2) is 40.9 Å². The van der Waals surface area contributed by atoms with Crippen molar-refractivity contribution in [2.45, 2.75) is 0 Å². The summed E-state index contributed by atoms with van der Waals surface area (Å²) in [5.74, 6) is -0.562. The van der Waals surface area contributed by atoms with E-state index in [-0.39, 0.29) is 0 Å². The molecule has 0 aliphatic rings. The zero-order valence-electron chi connectivity index (χ0n) is 5.81. The van der Waals surface area contributed by atoms with Gasteiger partial charge in [0.05, 0.1) is 0 Å². The van der Waals surface area contributed by atoms with Gasteiger partial charge < -0.3 is 14.7 Å². The minimum absolute atomic E-state index is 0.562. The van der Waals surface area contributed by atoms with Crippen LogP contribution in [0, 0.1) is 0 Å². The fraction of sp³-hybridized carbons (Fsp3) is 0.750. The van der Waals surface area contributed by atoms with Crippen molar-refractivity contribution in [1.82, 2.24) is 4.90 Å². The first kappa shape index (κ1) is 9.62. The van der Waals surface area contributed by atoms with Gasteiger partial charge in [-0.3, -0.25) is 9.36 Å². The highest BCUT2D eigenvalue weighted by atomic mass is 31.2. The normalized spacial score (nSPS) is 11.2. The lowest BCUT2D eigenvalue weighted by Crippen LogP contribution is -2.24. The summed E-state index contributed by atoms with van der Waals surface area (Å²) in [6.07, 6.45) is -0.708. The summed E-state index contributed by atoms with van der Waals surface area (Å²) in [6, 6.07) is 0. The van der Waals surface area contributed by atoms with Crippen molar-refractivity contribution in [3.05, 3.63) is 0 Å². The van der Waals surface area contributed by atoms with E-state index in [9.17, 15) is 9.36 Å². The first-order valence-corrected chi connectivity index (χ1v) is 4.37. The van der Waals surface area contributed by atoms with Crippen LogP contribution < -0.4 is 0 Å². The highest BCUT2D eigenvalue weighted by Crippen LogP contribution is 2.33. The third-order valence-electron chi connectivity index (χ3n) is 0.840. The van der Waals surface area contributed by atoms with E-state index >= 15 is 0 Å².